The largest absolute Gasteiger partial charge is 0.497 e. The van der Waals surface area contributed by atoms with E-state index in [9.17, 15) is 14.4 Å². The number of anilines is 1. The highest BCUT2D eigenvalue weighted by Gasteiger charge is 2.19. The van der Waals surface area contributed by atoms with Crippen molar-refractivity contribution in [1.82, 2.24) is 9.47 Å². The molecule has 7 nitrogen and oxygen atoms in total. The van der Waals surface area contributed by atoms with Crippen molar-refractivity contribution in [2.24, 2.45) is 0 Å². The Morgan fingerprint density at radius 1 is 1.09 bits per heavy atom. The number of carbonyl (C=O) groups excluding carboxylic acids is 2. The molecule has 0 atom stereocenters. The van der Waals surface area contributed by atoms with E-state index in [1.807, 2.05) is 24.0 Å². The third kappa shape index (κ3) is 4.37. The average Bonchev–Trinajstić information content (AvgIpc) is 3.20. The summed E-state index contributed by atoms with van der Waals surface area (Å²) in [5, 5.41) is 4.19. The van der Waals surface area contributed by atoms with Gasteiger partial charge in [-0.1, -0.05) is 6.07 Å². The Morgan fingerprint density at radius 2 is 1.94 bits per heavy atom. The number of amides is 2. The summed E-state index contributed by atoms with van der Waals surface area (Å²) >= 11 is 0. The Hall–Kier alpha value is -3.61. The number of hydrogen-bond acceptors (Lipinski definition) is 4. The maximum Gasteiger partial charge on any atom is 0.258 e. The summed E-state index contributed by atoms with van der Waals surface area (Å²) in [7, 11) is 1.59. The van der Waals surface area contributed by atoms with Crippen LogP contribution in [0, 0.1) is 6.92 Å². The monoisotopic (exact) mass is 433 g/mol. The summed E-state index contributed by atoms with van der Waals surface area (Å²) < 4.78 is 6.87. The first-order chi connectivity index (χ1) is 15.5. The van der Waals surface area contributed by atoms with Gasteiger partial charge in [0.2, 0.25) is 5.91 Å². The number of methoxy groups -OCH3 is 1. The summed E-state index contributed by atoms with van der Waals surface area (Å²) in [4.78, 5) is 39.5. The van der Waals surface area contributed by atoms with Crippen LogP contribution in [0.1, 0.15) is 35.2 Å². The molecule has 1 saturated heterocycles. The van der Waals surface area contributed by atoms with E-state index in [0.29, 0.717) is 47.3 Å². The van der Waals surface area contributed by atoms with Gasteiger partial charge in [0, 0.05) is 54.3 Å². The van der Waals surface area contributed by atoms with E-state index in [1.54, 1.807) is 48.2 Å². The molecule has 0 radical (unpaired) electrons. The van der Waals surface area contributed by atoms with Gasteiger partial charge in [0.25, 0.3) is 11.5 Å². The van der Waals surface area contributed by atoms with E-state index >= 15 is 0 Å². The number of pyridine rings is 1. The van der Waals surface area contributed by atoms with Gasteiger partial charge in [-0.05, 0) is 61.7 Å². The Morgan fingerprint density at radius 3 is 2.66 bits per heavy atom. The number of aromatic nitrogens is 1. The lowest BCUT2D eigenvalue weighted by Crippen LogP contribution is -2.28. The molecule has 0 bridgehead atoms. The summed E-state index contributed by atoms with van der Waals surface area (Å²) in [6, 6.07) is 12.5. The molecular weight excluding hydrogens is 406 g/mol. The number of fused-ring (bicyclic) bond motifs is 1. The Labute approximate surface area is 186 Å². The van der Waals surface area contributed by atoms with Crippen molar-refractivity contribution in [3.63, 3.8) is 0 Å². The standard InChI is InChI=1S/C25H27N3O4/c1-17-16-18(32-2)9-10-19(17)24(30)26-22-7-3-6-21-20(22)11-15-28(25(21)31)14-5-13-27-12-4-8-23(27)29/h3,6-7,9-11,15-16H,4-5,8,12-14H2,1-2H3,(H,26,30). The van der Waals surface area contributed by atoms with Crippen molar-refractivity contribution in [2.75, 3.05) is 25.5 Å². The summed E-state index contributed by atoms with van der Waals surface area (Å²) in [6.45, 7) is 3.87. The SMILES string of the molecule is COc1ccc(C(=O)Nc2cccc3c(=O)n(CCCN4CCCC4=O)ccc23)c(C)c1. The Kier molecular flexibility index (Phi) is 6.25. The number of nitrogens with one attached hydrogen (secondary N) is 1. The zero-order valence-corrected chi connectivity index (χ0v) is 18.4. The van der Waals surface area contributed by atoms with Crippen molar-refractivity contribution in [2.45, 2.75) is 32.7 Å². The lowest BCUT2D eigenvalue weighted by molar-refractivity contribution is -0.127. The summed E-state index contributed by atoms with van der Waals surface area (Å²) in [6.07, 6.45) is 4.02. The predicted molar refractivity (Wildman–Crippen MR) is 124 cm³/mol. The zero-order chi connectivity index (χ0) is 22.7. The minimum absolute atomic E-state index is 0.105. The lowest BCUT2D eigenvalue weighted by Gasteiger charge is -2.16. The number of likely N-dealkylation sites (tertiary alicyclic amines) is 1. The molecule has 0 aliphatic carbocycles. The second-order valence-corrected chi connectivity index (χ2v) is 8.05. The fourth-order valence-corrected chi connectivity index (χ4v) is 4.18. The molecule has 1 fully saturated rings. The van der Waals surface area contributed by atoms with Gasteiger partial charge in [-0.15, -0.1) is 0 Å². The minimum atomic E-state index is -0.239. The number of carbonyl (C=O) groups is 2. The van der Waals surface area contributed by atoms with E-state index in [1.165, 1.54) is 0 Å². The van der Waals surface area contributed by atoms with Crippen molar-refractivity contribution >= 4 is 28.3 Å². The van der Waals surface area contributed by atoms with Crippen LogP contribution >= 0.6 is 0 Å². The van der Waals surface area contributed by atoms with Crippen LogP contribution in [0.25, 0.3) is 10.8 Å². The molecule has 0 unspecified atom stereocenters. The number of hydrogen-bond donors (Lipinski definition) is 1. The van der Waals surface area contributed by atoms with Gasteiger partial charge in [-0.2, -0.15) is 0 Å². The van der Waals surface area contributed by atoms with Gasteiger partial charge in [-0.3, -0.25) is 14.4 Å². The molecule has 2 amide bonds. The molecule has 0 spiro atoms. The molecule has 0 saturated carbocycles. The molecule has 1 aromatic heterocycles. The van der Waals surface area contributed by atoms with Crippen LogP contribution in [-0.2, 0) is 11.3 Å². The maximum atomic E-state index is 13.0. The lowest BCUT2D eigenvalue weighted by atomic mass is 10.1. The third-order valence-electron chi connectivity index (χ3n) is 5.94. The maximum absolute atomic E-state index is 13.0. The number of ether oxygens (including phenoxy) is 1. The summed E-state index contributed by atoms with van der Waals surface area (Å²) in [5.41, 5.74) is 1.84. The van der Waals surface area contributed by atoms with E-state index < -0.39 is 0 Å². The topological polar surface area (TPSA) is 80.6 Å². The van der Waals surface area contributed by atoms with Crippen molar-refractivity contribution in [3.05, 3.63) is 70.1 Å². The summed E-state index contributed by atoms with van der Waals surface area (Å²) in [5.74, 6) is 0.652. The molecule has 4 rings (SSSR count). The molecule has 166 valence electrons. The molecule has 2 aromatic carbocycles. The van der Waals surface area contributed by atoms with Gasteiger partial charge < -0.3 is 19.5 Å². The third-order valence-corrected chi connectivity index (χ3v) is 5.94. The first-order valence-electron chi connectivity index (χ1n) is 10.8. The number of benzene rings is 2. The number of aryl methyl sites for hydroxylation is 2. The predicted octanol–water partition coefficient (Wildman–Crippen LogP) is 3.58. The Balaban J connectivity index is 1.52. The molecule has 32 heavy (non-hydrogen) atoms. The van der Waals surface area contributed by atoms with Gasteiger partial charge in [0.15, 0.2) is 0 Å². The van der Waals surface area contributed by atoms with Gasteiger partial charge in [0.05, 0.1) is 7.11 Å². The molecule has 1 aliphatic rings. The first-order valence-corrected chi connectivity index (χ1v) is 10.8. The van der Waals surface area contributed by atoms with Crippen LogP contribution in [0.5, 0.6) is 5.75 Å². The molecular formula is C25H27N3O4. The zero-order valence-electron chi connectivity index (χ0n) is 18.4. The second kappa shape index (κ2) is 9.26. The number of nitrogens with zero attached hydrogens (tertiary/aromatic N) is 2. The van der Waals surface area contributed by atoms with E-state index in [2.05, 4.69) is 5.32 Å². The van der Waals surface area contributed by atoms with Crippen LogP contribution in [0.2, 0.25) is 0 Å². The smallest absolute Gasteiger partial charge is 0.258 e. The fourth-order valence-electron chi connectivity index (χ4n) is 4.18. The highest BCUT2D eigenvalue weighted by atomic mass is 16.5. The first kappa shape index (κ1) is 21.6. The van der Waals surface area contributed by atoms with Gasteiger partial charge >= 0.3 is 0 Å². The van der Waals surface area contributed by atoms with E-state index in [4.69, 9.17) is 4.74 Å². The van der Waals surface area contributed by atoms with Crippen LogP contribution in [0.4, 0.5) is 5.69 Å². The van der Waals surface area contributed by atoms with Gasteiger partial charge in [0.1, 0.15) is 5.75 Å². The fraction of sp³-hybridized carbons (Fsp3) is 0.320. The normalized spacial score (nSPS) is 13.6. The number of rotatable bonds is 7. The molecule has 3 aromatic rings. The van der Waals surface area contributed by atoms with Crippen molar-refractivity contribution < 1.29 is 14.3 Å². The molecule has 7 heteroatoms. The van der Waals surface area contributed by atoms with E-state index in [-0.39, 0.29) is 17.4 Å². The van der Waals surface area contributed by atoms with Crippen LogP contribution < -0.4 is 15.6 Å². The Bertz CT molecular complexity index is 1230. The van der Waals surface area contributed by atoms with Gasteiger partial charge in [-0.25, -0.2) is 0 Å². The van der Waals surface area contributed by atoms with E-state index in [0.717, 1.165) is 24.9 Å². The van der Waals surface area contributed by atoms with Crippen LogP contribution in [0.15, 0.2) is 53.5 Å². The molecule has 1 N–H and O–H groups in total. The van der Waals surface area contributed by atoms with Crippen molar-refractivity contribution in [3.8, 4) is 5.75 Å². The molecule has 1 aliphatic heterocycles. The molecule has 2 heterocycles. The second-order valence-electron chi connectivity index (χ2n) is 8.05. The van der Waals surface area contributed by atoms with Crippen LogP contribution in [0.3, 0.4) is 0 Å². The van der Waals surface area contributed by atoms with Crippen molar-refractivity contribution in [1.29, 1.82) is 0 Å². The minimum Gasteiger partial charge on any atom is -0.497 e. The highest BCUT2D eigenvalue weighted by molar-refractivity contribution is 6.09. The van der Waals surface area contributed by atoms with Crippen LogP contribution in [-0.4, -0.2) is 41.5 Å². The quantitative estimate of drug-likeness (QED) is 0.618. The average molecular weight is 434 g/mol. The highest BCUT2D eigenvalue weighted by Crippen LogP contribution is 2.23.